The highest BCUT2D eigenvalue weighted by Crippen LogP contribution is 2.32. The Morgan fingerprint density at radius 1 is 0.786 bits per heavy atom. The van der Waals surface area contributed by atoms with Crippen LogP contribution in [0, 0.1) is 13.8 Å². The van der Waals surface area contributed by atoms with E-state index in [1.165, 1.54) is 16.8 Å². The number of hydrogen-bond donors (Lipinski definition) is 0. The summed E-state index contributed by atoms with van der Waals surface area (Å²) in [5.74, 6) is 0. The Hall–Kier alpha value is -1.89. The zero-order valence-corrected chi connectivity index (χ0v) is 18.4. The van der Waals surface area contributed by atoms with E-state index in [2.05, 4.69) is 52.9 Å². The van der Waals surface area contributed by atoms with Crippen molar-refractivity contribution in [3.63, 3.8) is 0 Å². The molecule has 0 spiro atoms. The van der Waals surface area contributed by atoms with Crippen LogP contribution >= 0.6 is 15.9 Å². The Bertz CT molecular complexity index is 1120. The van der Waals surface area contributed by atoms with Crippen LogP contribution < -0.4 is 4.90 Å². The van der Waals surface area contributed by atoms with Gasteiger partial charge in [0.2, 0.25) is 10.0 Å². The minimum absolute atomic E-state index is 0.381. The van der Waals surface area contributed by atoms with Gasteiger partial charge >= 0.3 is 0 Å². The van der Waals surface area contributed by atoms with Crippen LogP contribution in [0.5, 0.6) is 0 Å². The molecule has 146 valence electrons. The molecule has 4 nitrogen and oxygen atoms in total. The molecule has 1 aliphatic heterocycles. The summed E-state index contributed by atoms with van der Waals surface area (Å²) < 4.78 is 29.3. The first-order chi connectivity index (χ1) is 13.4. The van der Waals surface area contributed by atoms with Crippen LogP contribution in [0.15, 0.2) is 64.0 Å². The zero-order chi connectivity index (χ0) is 19.9. The summed E-state index contributed by atoms with van der Waals surface area (Å²) in [7, 11) is -3.55. The van der Waals surface area contributed by atoms with Crippen LogP contribution in [0.4, 0.5) is 5.69 Å². The number of anilines is 1. The SMILES string of the molecule is Cc1cccc(C)c1N1CCN(S(=O)(=O)c2ccc(Br)c3ccccc23)CC1. The molecule has 1 saturated heterocycles. The molecule has 0 N–H and O–H groups in total. The van der Waals surface area contributed by atoms with E-state index < -0.39 is 10.0 Å². The molecule has 0 bridgehead atoms. The Labute approximate surface area is 175 Å². The summed E-state index contributed by atoms with van der Waals surface area (Å²) in [5.41, 5.74) is 3.69. The maximum atomic E-state index is 13.4. The summed E-state index contributed by atoms with van der Waals surface area (Å²) in [6, 6.07) is 17.4. The second-order valence-electron chi connectivity index (χ2n) is 7.22. The van der Waals surface area contributed by atoms with Crippen LogP contribution in [0.2, 0.25) is 0 Å². The smallest absolute Gasteiger partial charge is 0.243 e. The standard InChI is InChI=1S/C22H23BrN2O2S/c1-16-6-5-7-17(2)22(16)24-12-14-25(15-13-24)28(26,27)21-11-10-20(23)18-8-3-4-9-19(18)21/h3-11H,12-15H2,1-2H3. The Balaban J connectivity index is 1.62. The lowest BCUT2D eigenvalue weighted by Crippen LogP contribution is -2.49. The van der Waals surface area contributed by atoms with E-state index >= 15 is 0 Å². The fraction of sp³-hybridized carbons (Fsp3) is 0.273. The highest BCUT2D eigenvalue weighted by molar-refractivity contribution is 9.10. The van der Waals surface area contributed by atoms with Gasteiger partial charge in [0.05, 0.1) is 4.90 Å². The summed E-state index contributed by atoms with van der Waals surface area (Å²) >= 11 is 3.53. The number of hydrogen-bond acceptors (Lipinski definition) is 3. The molecule has 0 saturated carbocycles. The molecule has 3 aromatic carbocycles. The van der Waals surface area contributed by atoms with Crippen molar-refractivity contribution in [1.29, 1.82) is 0 Å². The lowest BCUT2D eigenvalue weighted by Gasteiger charge is -2.37. The largest absolute Gasteiger partial charge is 0.368 e. The number of piperazine rings is 1. The number of aryl methyl sites for hydroxylation is 2. The zero-order valence-electron chi connectivity index (χ0n) is 16.0. The normalized spacial score (nSPS) is 15.9. The maximum Gasteiger partial charge on any atom is 0.243 e. The summed E-state index contributed by atoms with van der Waals surface area (Å²) in [5, 5.41) is 1.67. The van der Waals surface area contributed by atoms with Crippen LogP contribution in [0.3, 0.4) is 0 Å². The molecule has 1 aliphatic rings. The molecular weight excluding hydrogens is 436 g/mol. The van der Waals surface area contributed by atoms with Crippen molar-refractivity contribution in [1.82, 2.24) is 4.31 Å². The van der Waals surface area contributed by atoms with E-state index in [9.17, 15) is 8.42 Å². The minimum Gasteiger partial charge on any atom is -0.368 e. The van der Waals surface area contributed by atoms with Crippen LogP contribution in [-0.4, -0.2) is 38.9 Å². The van der Waals surface area contributed by atoms with Crippen molar-refractivity contribution in [2.75, 3.05) is 31.1 Å². The van der Waals surface area contributed by atoms with E-state index in [0.29, 0.717) is 31.1 Å². The average molecular weight is 459 g/mol. The summed E-state index contributed by atoms with van der Waals surface area (Å²) in [6.07, 6.45) is 0. The first-order valence-corrected chi connectivity index (χ1v) is 11.6. The monoisotopic (exact) mass is 458 g/mol. The number of fused-ring (bicyclic) bond motifs is 1. The fourth-order valence-electron chi connectivity index (χ4n) is 4.06. The molecule has 0 atom stereocenters. The van der Waals surface area contributed by atoms with Gasteiger partial charge in [-0.25, -0.2) is 8.42 Å². The van der Waals surface area contributed by atoms with Crippen LogP contribution in [0.1, 0.15) is 11.1 Å². The lowest BCUT2D eigenvalue weighted by atomic mass is 10.1. The van der Waals surface area contributed by atoms with Gasteiger partial charge in [-0.15, -0.1) is 0 Å². The van der Waals surface area contributed by atoms with E-state index in [1.54, 1.807) is 10.4 Å². The van der Waals surface area contributed by atoms with E-state index in [4.69, 9.17) is 0 Å². The first-order valence-electron chi connectivity index (χ1n) is 9.38. The summed E-state index contributed by atoms with van der Waals surface area (Å²) in [6.45, 7) is 6.58. The molecule has 3 aromatic rings. The van der Waals surface area contributed by atoms with Crippen molar-refractivity contribution in [3.8, 4) is 0 Å². The molecule has 0 radical (unpaired) electrons. The fourth-order valence-corrected chi connectivity index (χ4v) is 6.15. The second kappa shape index (κ2) is 7.50. The first kappa shape index (κ1) is 19.4. The summed E-state index contributed by atoms with van der Waals surface area (Å²) in [4.78, 5) is 2.68. The van der Waals surface area contributed by atoms with Gasteiger partial charge in [-0.3, -0.25) is 0 Å². The maximum absolute atomic E-state index is 13.4. The highest BCUT2D eigenvalue weighted by atomic mass is 79.9. The van der Waals surface area contributed by atoms with Gasteiger partial charge in [0.1, 0.15) is 0 Å². The van der Waals surface area contributed by atoms with Crippen molar-refractivity contribution >= 4 is 42.4 Å². The number of para-hydroxylation sites is 1. The Kier molecular flexibility index (Phi) is 5.21. The van der Waals surface area contributed by atoms with E-state index in [-0.39, 0.29) is 0 Å². The average Bonchev–Trinajstić information content (AvgIpc) is 2.68. The van der Waals surface area contributed by atoms with Crippen LogP contribution in [0.25, 0.3) is 10.8 Å². The molecule has 0 aliphatic carbocycles. The molecule has 4 rings (SSSR count). The van der Waals surface area contributed by atoms with Gasteiger partial charge < -0.3 is 4.90 Å². The number of sulfonamides is 1. The molecule has 0 aromatic heterocycles. The molecule has 0 amide bonds. The topological polar surface area (TPSA) is 40.6 Å². The van der Waals surface area contributed by atoms with E-state index in [0.717, 1.165) is 15.2 Å². The van der Waals surface area contributed by atoms with Crippen LogP contribution in [-0.2, 0) is 10.0 Å². The predicted molar refractivity (Wildman–Crippen MR) is 119 cm³/mol. The number of benzene rings is 3. The molecule has 28 heavy (non-hydrogen) atoms. The third-order valence-corrected chi connectivity index (χ3v) is 8.09. The van der Waals surface area contributed by atoms with Gasteiger partial charge in [0.15, 0.2) is 0 Å². The highest BCUT2D eigenvalue weighted by Gasteiger charge is 2.30. The quantitative estimate of drug-likeness (QED) is 0.569. The molecule has 1 fully saturated rings. The molecular formula is C22H23BrN2O2S. The number of nitrogens with zero attached hydrogens (tertiary/aromatic N) is 2. The van der Waals surface area contributed by atoms with Crippen molar-refractivity contribution < 1.29 is 8.42 Å². The predicted octanol–water partition coefficient (Wildman–Crippen LogP) is 4.73. The number of halogens is 1. The van der Waals surface area contributed by atoms with Gasteiger partial charge in [0.25, 0.3) is 0 Å². The van der Waals surface area contributed by atoms with Gasteiger partial charge in [0, 0.05) is 41.7 Å². The second-order valence-corrected chi connectivity index (χ2v) is 9.98. The van der Waals surface area contributed by atoms with Gasteiger partial charge in [-0.05, 0) is 42.5 Å². The molecule has 6 heteroatoms. The lowest BCUT2D eigenvalue weighted by molar-refractivity contribution is 0.385. The molecule has 0 unspecified atom stereocenters. The van der Waals surface area contributed by atoms with Crippen molar-refractivity contribution in [2.24, 2.45) is 0 Å². The third kappa shape index (κ3) is 3.34. The molecule has 1 heterocycles. The Morgan fingerprint density at radius 3 is 2.04 bits per heavy atom. The van der Waals surface area contributed by atoms with Gasteiger partial charge in [-0.2, -0.15) is 4.31 Å². The van der Waals surface area contributed by atoms with Crippen molar-refractivity contribution in [2.45, 2.75) is 18.7 Å². The van der Waals surface area contributed by atoms with E-state index in [1.807, 2.05) is 30.3 Å². The number of rotatable bonds is 3. The minimum atomic E-state index is -3.55. The Morgan fingerprint density at radius 2 is 1.39 bits per heavy atom. The van der Waals surface area contributed by atoms with Gasteiger partial charge in [-0.1, -0.05) is 58.4 Å². The van der Waals surface area contributed by atoms with Crippen molar-refractivity contribution in [3.05, 3.63) is 70.2 Å². The third-order valence-electron chi connectivity index (χ3n) is 5.44.